The number of aromatic nitrogens is 3. The predicted molar refractivity (Wildman–Crippen MR) is 135 cm³/mol. The summed E-state index contributed by atoms with van der Waals surface area (Å²) in [5, 5.41) is 31.5. The molecule has 1 aliphatic heterocycles. The third-order valence-electron chi connectivity index (χ3n) is 5.99. The molecule has 3 aromatic rings. The Labute approximate surface area is 213 Å². The standard InChI is InChI=1S/C22H26IN5O7/c1-10(2)19(13-4-3-12(23)5-14(13)28(32)33)34-9-11-7-27(17-6-15(30)16(8-29)35-17)20-18(11)21(31)26-22(24)25-20/h3-5,7,10,15-17,19,29-30H,6,8-9H2,1-2H3,(H3,24,25,26,31)/t15?,16-,17-,19-/m1/s1. The van der Waals surface area contributed by atoms with Crippen molar-refractivity contribution < 1.29 is 24.6 Å². The van der Waals surface area contributed by atoms with Crippen LogP contribution in [0.5, 0.6) is 0 Å². The van der Waals surface area contributed by atoms with Crippen LogP contribution in [-0.4, -0.2) is 48.5 Å². The van der Waals surface area contributed by atoms with Crippen LogP contribution < -0.4 is 11.3 Å². The van der Waals surface area contributed by atoms with Gasteiger partial charge in [0, 0.05) is 27.8 Å². The zero-order chi connectivity index (χ0) is 25.4. The first-order valence-electron chi connectivity index (χ1n) is 11.0. The number of aliphatic hydroxyl groups excluding tert-OH is 2. The van der Waals surface area contributed by atoms with Crippen molar-refractivity contribution in [3.63, 3.8) is 0 Å². The van der Waals surface area contributed by atoms with E-state index in [0.717, 1.165) is 3.57 Å². The molecule has 1 aromatic carbocycles. The molecule has 0 aliphatic carbocycles. The Morgan fingerprint density at radius 2 is 2.20 bits per heavy atom. The number of hydrogen-bond donors (Lipinski definition) is 4. The Kier molecular flexibility index (Phi) is 7.42. The zero-order valence-corrected chi connectivity index (χ0v) is 21.2. The van der Waals surface area contributed by atoms with Gasteiger partial charge in [0.25, 0.3) is 11.2 Å². The molecule has 3 heterocycles. The topological polar surface area (TPSA) is 179 Å². The Balaban J connectivity index is 1.71. The van der Waals surface area contributed by atoms with E-state index in [0.29, 0.717) is 11.1 Å². The van der Waals surface area contributed by atoms with Crippen LogP contribution in [0.4, 0.5) is 11.6 Å². The van der Waals surface area contributed by atoms with E-state index in [1.807, 2.05) is 36.4 Å². The molecule has 5 N–H and O–H groups in total. The molecule has 35 heavy (non-hydrogen) atoms. The molecule has 0 saturated carbocycles. The van der Waals surface area contributed by atoms with Gasteiger partial charge in [-0.2, -0.15) is 4.98 Å². The Morgan fingerprint density at radius 1 is 1.46 bits per heavy atom. The lowest BCUT2D eigenvalue weighted by molar-refractivity contribution is -0.386. The Hall–Kier alpha value is -2.59. The lowest BCUT2D eigenvalue weighted by atomic mass is 9.97. The van der Waals surface area contributed by atoms with Gasteiger partial charge < -0.3 is 30.0 Å². The average Bonchev–Trinajstić information content (AvgIpc) is 3.34. The summed E-state index contributed by atoms with van der Waals surface area (Å²) < 4.78 is 14.3. The second-order valence-electron chi connectivity index (χ2n) is 8.76. The summed E-state index contributed by atoms with van der Waals surface area (Å²) >= 11 is 2.02. The number of aliphatic hydroxyl groups is 2. The number of hydrogen-bond acceptors (Lipinski definition) is 9. The number of anilines is 1. The van der Waals surface area contributed by atoms with Crippen LogP contribution in [-0.2, 0) is 16.1 Å². The van der Waals surface area contributed by atoms with Crippen LogP contribution in [0.2, 0.25) is 0 Å². The third kappa shape index (κ3) is 5.04. The lowest BCUT2D eigenvalue weighted by Gasteiger charge is -2.22. The van der Waals surface area contributed by atoms with E-state index in [1.165, 1.54) is 6.07 Å². The zero-order valence-electron chi connectivity index (χ0n) is 19.1. The summed E-state index contributed by atoms with van der Waals surface area (Å²) in [5.74, 6) is -0.186. The Bertz CT molecular complexity index is 1310. The highest BCUT2D eigenvalue weighted by Gasteiger charge is 2.36. The smallest absolute Gasteiger partial charge is 0.276 e. The average molecular weight is 599 g/mol. The van der Waals surface area contributed by atoms with Gasteiger partial charge in [-0.05, 0) is 40.6 Å². The van der Waals surface area contributed by atoms with Crippen molar-refractivity contribution in [3.05, 3.63) is 59.6 Å². The summed E-state index contributed by atoms with van der Waals surface area (Å²) in [5.41, 5.74) is 6.45. The molecule has 1 saturated heterocycles. The molecular weight excluding hydrogens is 573 g/mol. The van der Waals surface area contributed by atoms with Gasteiger partial charge in [-0.15, -0.1) is 0 Å². The van der Waals surface area contributed by atoms with E-state index >= 15 is 0 Å². The lowest BCUT2D eigenvalue weighted by Crippen LogP contribution is -2.24. The summed E-state index contributed by atoms with van der Waals surface area (Å²) in [4.78, 5) is 30.8. The quantitative estimate of drug-likeness (QED) is 0.172. The molecule has 0 spiro atoms. The van der Waals surface area contributed by atoms with Gasteiger partial charge in [0.1, 0.15) is 12.3 Å². The summed E-state index contributed by atoms with van der Waals surface area (Å²) in [6.07, 6.45) is -1.10. The van der Waals surface area contributed by atoms with Crippen molar-refractivity contribution in [2.24, 2.45) is 5.92 Å². The molecule has 13 heteroatoms. The minimum absolute atomic E-state index is 0.0336. The van der Waals surface area contributed by atoms with Crippen molar-refractivity contribution in [1.82, 2.24) is 14.5 Å². The maximum Gasteiger partial charge on any atom is 0.276 e. The molecule has 12 nitrogen and oxygen atoms in total. The first kappa shape index (κ1) is 25.5. The molecule has 0 amide bonds. The van der Waals surface area contributed by atoms with Crippen LogP contribution in [0.3, 0.4) is 0 Å². The number of nitrogens with two attached hydrogens (primary N) is 1. The van der Waals surface area contributed by atoms with E-state index in [2.05, 4.69) is 9.97 Å². The van der Waals surface area contributed by atoms with Crippen molar-refractivity contribution in [2.75, 3.05) is 12.3 Å². The van der Waals surface area contributed by atoms with Gasteiger partial charge in [0.15, 0.2) is 5.65 Å². The number of benzene rings is 1. The largest absolute Gasteiger partial charge is 0.394 e. The second kappa shape index (κ2) is 10.2. The predicted octanol–water partition coefficient (Wildman–Crippen LogP) is 2.37. The normalized spacial score (nSPS) is 21.1. The second-order valence-corrected chi connectivity index (χ2v) is 10.0. The van der Waals surface area contributed by atoms with E-state index in [-0.39, 0.29) is 48.2 Å². The van der Waals surface area contributed by atoms with E-state index in [9.17, 15) is 25.1 Å². The number of halogens is 1. The molecule has 2 aromatic heterocycles. The van der Waals surface area contributed by atoms with Gasteiger partial charge in [-0.25, -0.2) is 0 Å². The number of fused-ring (bicyclic) bond motifs is 1. The maximum absolute atomic E-state index is 12.8. The van der Waals surface area contributed by atoms with E-state index < -0.39 is 35.0 Å². The number of nitro benzene ring substituents is 1. The fraction of sp³-hybridized carbons (Fsp3) is 0.455. The van der Waals surface area contributed by atoms with Crippen LogP contribution in [0.25, 0.3) is 11.0 Å². The van der Waals surface area contributed by atoms with Crippen LogP contribution in [0.1, 0.15) is 43.7 Å². The minimum atomic E-state index is -0.881. The molecule has 4 rings (SSSR count). The highest BCUT2D eigenvalue weighted by molar-refractivity contribution is 14.1. The summed E-state index contributed by atoms with van der Waals surface area (Å²) in [6.45, 7) is 3.40. The first-order valence-corrected chi connectivity index (χ1v) is 12.1. The SMILES string of the molecule is CC(C)[C@@H](OCc1cn([C@H]2CC(O)[C@@H](CO)O2)c2nc(N)[nH]c(=O)c12)c1ccc(I)cc1[N+](=O)[O-]. The molecule has 1 unspecified atom stereocenters. The monoisotopic (exact) mass is 599 g/mol. The van der Waals surface area contributed by atoms with Crippen molar-refractivity contribution in [3.8, 4) is 0 Å². The first-order chi connectivity index (χ1) is 16.6. The number of H-pyrrole nitrogens is 1. The van der Waals surface area contributed by atoms with Crippen LogP contribution in [0.15, 0.2) is 29.2 Å². The Morgan fingerprint density at radius 3 is 2.83 bits per heavy atom. The van der Waals surface area contributed by atoms with Crippen LogP contribution >= 0.6 is 22.6 Å². The van der Waals surface area contributed by atoms with Gasteiger partial charge in [-0.3, -0.25) is 19.9 Å². The summed E-state index contributed by atoms with van der Waals surface area (Å²) in [7, 11) is 0. The number of aromatic amines is 1. The fourth-order valence-corrected chi connectivity index (χ4v) is 4.84. The summed E-state index contributed by atoms with van der Waals surface area (Å²) in [6, 6.07) is 4.97. The third-order valence-corrected chi connectivity index (χ3v) is 6.66. The molecule has 0 radical (unpaired) electrons. The molecule has 4 atom stereocenters. The van der Waals surface area contributed by atoms with E-state index in [1.54, 1.807) is 22.9 Å². The number of rotatable bonds is 8. The fourth-order valence-electron chi connectivity index (χ4n) is 4.36. The number of nitrogens with zero attached hydrogens (tertiary/aromatic N) is 3. The molecule has 1 fully saturated rings. The molecule has 0 bridgehead atoms. The van der Waals surface area contributed by atoms with Gasteiger partial charge >= 0.3 is 0 Å². The maximum atomic E-state index is 12.8. The van der Waals surface area contributed by atoms with Crippen molar-refractivity contribution >= 4 is 45.3 Å². The number of nitrogen functional groups attached to an aromatic ring is 1. The highest BCUT2D eigenvalue weighted by atomic mass is 127. The number of nitro groups is 1. The van der Waals surface area contributed by atoms with Gasteiger partial charge in [0.2, 0.25) is 5.95 Å². The van der Waals surface area contributed by atoms with Crippen molar-refractivity contribution in [2.45, 2.75) is 51.4 Å². The van der Waals surface area contributed by atoms with Crippen LogP contribution in [0, 0.1) is 19.6 Å². The number of nitrogens with one attached hydrogen (secondary N) is 1. The molecule has 188 valence electrons. The van der Waals surface area contributed by atoms with Crippen molar-refractivity contribution in [1.29, 1.82) is 0 Å². The number of ether oxygens (including phenoxy) is 2. The highest BCUT2D eigenvalue weighted by Crippen LogP contribution is 2.36. The minimum Gasteiger partial charge on any atom is -0.394 e. The van der Waals surface area contributed by atoms with E-state index in [4.69, 9.17) is 15.2 Å². The van der Waals surface area contributed by atoms with Gasteiger partial charge in [-0.1, -0.05) is 13.8 Å². The van der Waals surface area contributed by atoms with Gasteiger partial charge in [0.05, 0.1) is 41.3 Å². The molecule has 1 aliphatic rings. The molecular formula is C22H26IN5O7.